The van der Waals surface area contributed by atoms with Crippen LogP contribution >= 0.6 is 0 Å². The molecule has 1 N–H and O–H groups in total. The lowest BCUT2D eigenvalue weighted by atomic mass is 10.1. The molecular weight excluding hydrogens is 370 g/mol. The Morgan fingerprint density at radius 3 is 2.57 bits per heavy atom. The molecule has 3 rings (SSSR count). The maximum atomic E-state index is 13.9. The van der Waals surface area contributed by atoms with E-state index in [0.29, 0.717) is 17.0 Å². The molecule has 3 aromatic rings. The molecule has 0 aliphatic carbocycles. The molecule has 1 aromatic heterocycles. The standard InChI is InChI=1S/C20H16F2N2O4/c1-11(2)20(26)28-24-19-14(9-12-5-3-4-6-17(12)27-19)18(25)23-16-8-7-13(21)10-15(16)22/h3-11H,1-2H3,(H,23,25)/b24-19+. The van der Waals surface area contributed by atoms with Crippen LogP contribution in [-0.4, -0.2) is 11.9 Å². The number of benzene rings is 2. The summed E-state index contributed by atoms with van der Waals surface area (Å²) in [6.45, 7) is 3.25. The van der Waals surface area contributed by atoms with Crippen molar-refractivity contribution in [1.29, 1.82) is 0 Å². The van der Waals surface area contributed by atoms with Gasteiger partial charge < -0.3 is 14.6 Å². The SMILES string of the molecule is CC(C)C(=O)O/N=c1/oc2ccccc2cc1C(=O)Nc1ccc(F)cc1F. The van der Waals surface area contributed by atoms with Gasteiger partial charge in [0.05, 0.1) is 11.6 Å². The number of carbonyl (C=O) groups is 2. The molecule has 0 fully saturated rings. The number of nitrogens with one attached hydrogen (secondary N) is 1. The largest absolute Gasteiger partial charge is 0.435 e. The molecule has 6 nitrogen and oxygen atoms in total. The monoisotopic (exact) mass is 386 g/mol. The van der Waals surface area contributed by atoms with Crippen molar-refractivity contribution in [3.63, 3.8) is 0 Å². The summed E-state index contributed by atoms with van der Waals surface area (Å²) >= 11 is 0. The molecule has 28 heavy (non-hydrogen) atoms. The molecule has 8 heteroatoms. The summed E-state index contributed by atoms with van der Waals surface area (Å²) in [5.41, 5.74) is -0.150. The predicted molar refractivity (Wildman–Crippen MR) is 97.0 cm³/mol. The second-order valence-electron chi connectivity index (χ2n) is 6.24. The van der Waals surface area contributed by atoms with E-state index in [2.05, 4.69) is 10.5 Å². The van der Waals surface area contributed by atoms with E-state index in [9.17, 15) is 18.4 Å². The van der Waals surface area contributed by atoms with Crippen molar-refractivity contribution in [2.45, 2.75) is 13.8 Å². The fourth-order valence-electron chi connectivity index (χ4n) is 2.27. The number of rotatable bonds is 4. The lowest BCUT2D eigenvalue weighted by Crippen LogP contribution is -2.23. The lowest BCUT2D eigenvalue weighted by molar-refractivity contribution is -0.148. The van der Waals surface area contributed by atoms with Crippen LogP contribution in [0.5, 0.6) is 0 Å². The van der Waals surface area contributed by atoms with Gasteiger partial charge in [-0.2, -0.15) is 0 Å². The summed E-state index contributed by atoms with van der Waals surface area (Å²) in [5.74, 6) is -3.52. The molecule has 0 saturated carbocycles. The third kappa shape index (κ3) is 4.22. The fourth-order valence-corrected chi connectivity index (χ4v) is 2.27. The molecule has 0 unspecified atom stereocenters. The van der Waals surface area contributed by atoms with Crippen LogP contribution in [0, 0.1) is 17.6 Å². The van der Waals surface area contributed by atoms with Gasteiger partial charge in [-0.05, 0) is 29.4 Å². The Balaban J connectivity index is 2.04. The Hall–Kier alpha value is -3.55. The summed E-state index contributed by atoms with van der Waals surface area (Å²) in [5, 5.41) is 6.56. The third-order valence-electron chi connectivity index (χ3n) is 3.77. The molecule has 144 valence electrons. The summed E-state index contributed by atoms with van der Waals surface area (Å²) in [7, 11) is 0. The Morgan fingerprint density at radius 2 is 1.86 bits per heavy atom. The number of halogens is 2. The maximum absolute atomic E-state index is 13.9. The Bertz CT molecular complexity index is 1120. The van der Waals surface area contributed by atoms with Crippen molar-refractivity contribution in [2.24, 2.45) is 11.1 Å². The molecule has 2 aromatic carbocycles. The molecule has 0 aliphatic rings. The van der Waals surface area contributed by atoms with E-state index in [1.807, 2.05) is 0 Å². The van der Waals surface area contributed by atoms with E-state index < -0.39 is 29.4 Å². The van der Waals surface area contributed by atoms with Gasteiger partial charge in [0, 0.05) is 11.5 Å². The minimum Gasteiger partial charge on any atom is -0.435 e. The number of carbonyl (C=O) groups excluding carboxylic acids is 2. The van der Waals surface area contributed by atoms with Crippen LogP contribution in [0.4, 0.5) is 14.5 Å². The summed E-state index contributed by atoms with van der Waals surface area (Å²) in [6, 6.07) is 11.1. The van der Waals surface area contributed by atoms with Crippen LogP contribution in [-0.2, 0) is 9.63 Å². The molecule has 0 atom stereocenters. The number of fused-ring (bicyclic) bond motifs is 1. The van der Waals surface area contributed by atoms with Gasteiger partial charge in [0.2, 0.25) is 0 Å². The van der Waals surface area contributed by atoms with Crippen LogP contribution < -0.4 is 10.9 Å². The summed E-state index contributed by atoms with van der Waals surface area (Å²) in [4.78, 5) is 29.2. The highest BCUT2D eigenvalue weighted by Gasteiger charge is 2.16. The van der Waals surface area contributed by atoms with Crippen molar-refractivity contribution in [2.75, 3.05) is 5.32 Å². The molecule has 1 heterocycles. The summed E-state index contributed by atoms with van der Waals surface area (Å²) in [6.07, 6.45) is 0. The number of hydrogen-bond acceptors (Lipinski definition) is 5. The number of hydrogen-bond donors (Lipinski definition) is 1. The minimum absolute atomic E-state index is 0.0843. The highest BCUT2D eigenvalue weighted by Crippen LogP contribution is 2.17. The molecule has 0 radical (unpaired) electrons. The first-order valence-corrected chi connectivity index (χ1v) is 8.39. The first-order valence-electron chi connectivity index (χ1n) is 8.39. The molecule has 0 bridgehead atoms. The number of para-hydroxylation sites is 1. The molecule has 0 spiro atoms. The average molecular weight is 386 g/mol. The zero-order chi connectivity index (χ0) is 20.3. The van der Waals surface area contributed by atoms with Crippen LogP contribution in [0.1, 0.15) is 24.2 Å². The van der Waals surface area contributed by atoms with Crippen molar-refractivity contribution >= 4 is 28.5 Å². The van der Waals surface area contributed by atoms with Crippen LogP contribution in [0.3, 0.4) is 0 Å². The smallest absolute Gasteiger partial charge is 0.337 e. The molecule has 0 aliphatic heterocycles. The highest BCUT2D eigenvalue weighted by atomic mass is 19.1. The summed E-state index contributed by atoms with van der Waals surface area (Å²) < 4.78 is 32.5. The van der Waals surface area contributed by atoms with E-state index >= 15 is 0 Å². The molecule has 1 amide bonds. The first-order chi connectivity index (χ1) is 13.3. The zero-order valence-corrected chi connectivity index (χ0v) is 15.0. The van der Waals surface area contributed by atoms with Gasteiger partial charge in [-0.15, -0.1) is 0 Å². The Kier molecular flexibility index (Phi) is 5.49. The van der Waals surface area contributed by atoms with Crippen molar-refractivity contribution < 1.29 is 27.6 Å². The van der Waals surface area contributed by atoms with Crippen LogP contribution in [0.25, 0.3) is 11.0 Å². The van der Waals surface area contributed by atoms with Crippen LogP contribution in [0.15, 0.2) is 58.1 Å². The van der Waals surface area contributed by atoms with E-state index in [-0.39, 0.29) is 16.8 Å². The number of amides is 1. The van der Waals surface area contributed by atoms with E-state index in [1.165, 1.54) is 6.07 Å². The van der Waals surface area contributed by atoms with Gasteiger partial charge >= 0.3 is 5.97 Å². The van der Waals surface area contributed by atoms with E-state index in [4.69, 9.17) is 9.25 Å². The van der Waals surface area contributed by atoms with Gasteiger partial charge in [-0.3, -0.25) is 4.79 Å². The normalized spacial score (nSPS) is 11.7. The van der Waals surface area contributed by atoms with Gasteiger partial charge in [-0.25, -0.2) is 13.6 Å². The van der Waals surface area contributed by atoms with Crippen molar-refractivity contribution in [1.82, 2.24) is 0 Å². The lowest BCUT2D eigenvalue weighted by Gasteiger charge is -2.08. The van der Waals surface area contributed by atoms with Gasteiger partial charge in [-0.1, -0.05) is 32.0 Å². The van der Waals surface area contributed by atoms with Crippen molar-refractivity contribution in [3.05, 3.63) is 71.3 Å². The van der Waals surface area contributed by atoms with E-state index in [1.54, 1.807) is 38.1 Å². The minimum atomic E-state index is -0.934. The Labute approximate surface area is 158 Å². The quantitative estimate of drug-likeness (QED) is 0.543. The molecule has 0 saturated heterocycles. The second kappa shape index (κ2) is 7.99. The topological polar surface area (TPSA) is 80.9 Å². The van der Waals surface area contributed by atoms with E-state index in [0.717, 1.165) is 12.1 Å². The van der Waals surface area contributed by atoms with Crippen molar-refractivity contribution in [3.8, 4) is 0 Å². The van der Waals surface area contributed by atoms with Gasteiger partial charge in [0.1, 0.15) is 22.8 Å². The van der Waals surface area contributed by atoms with Gasteiger partial charge in [0.25, 0.3) is 11.5 Å². The van der Waals surface area contributed by atoms with Gasteiger partial charge in [0.15, 0.2) is 0 Å². The number of anilines is 1. The average Bonchev–Trinajstić information content (AvgIpc) is 2.67. The fraction of sp³-hybridized carbons (Fsp3) is 0.150. The Morgan fingerprint density at radius 1 is 1.11 bits per heavy atom. The van der Waals surface area contributed by atoms with Crippen LogP contribution in [0.2, 0.25) is 0 Å². The number of nitrogens with zero attached hydrogens (tertiary/aromatic N) is 1. The zero-order valence-electron chi connectivity index (χ0n) is 15.0. The first kappa shape index (κ1) is 19.2. The highest BCUT2D eigenvalue weighted by molar-refractivity contribution is 6.05. The maximum Gasteiger partial charge on any atom is 0.337 e. The second-order valence-corrected chi connectivity index (χ2v) is 6.24. The molecular formula is C20H16F2N2O4. The predicted octanol–water partition coefficient (Wildman–Crippen LogP) is 3.98. The third-order valence-corrected chi connectivity index (χ3v) is 3.77.